The zero-order valence-electron chi connectivity index (χ0n) is 17.9. The highest BCUT2D eigenvalue weighted by Crippen LogP contribution is 2.44. The van der Waals surface area contributed by atoms with Crippen LogP contribution >= 0.6 is 0 Å². The first-order valence-corrected chi connectivity index (χ1v) is 11.1. The molecule has 0 unspecified atom stereocenters. The predicted octanol–water partition coefficient (Wildman–Crippen LogP) is 3.67. The zero-order valence-corrected chi connectivity index (χ0v) is 17.9. The number of benzene rings is 2. The van der Waals surface area contributed by atoms with Crippen molar-refractivity contribution in [2.24, 2.45) is 5.92 Å². The van der Waals surface area contributed by atoms with Crippen molar-refractivity contribution in [3.63, 3.8) is 0 Å². The Morgan fingerprint density at radius 2 is 1.62 bits per heavy atom. The molecule has 1 saturated carbocycles. The molecule has 7 nitrogen and oxygen atoms in total. The lowest BCUT2D eigenvalue weighted by Gasteiger charge is -2.15. The lowest BCUT2D eigenvalue weighted by Crippen LogP contribution is -2.36. The molecule has 2 aliphatic rings. The van der Waals surface area contributed by atoms with Crippen LogP contribution in [0.3, 0.4) is 0 Å². The van der Waals surface area contributed by atoms with Gasteiger partial charge in [0.2, 0.25) is 5.91 Å². The molecule has 0 heterocycles. The molecule has 7 heteroatoms. The van der Waals surface area contributed by atoms with Crippen LogP contribution in [0.1, 0.15) is 49.1 Å². The van der Waals surface area contributed by atoms with Crippen molar-refractivity contribution in [3.05, 3.63) is 59.7 Å². The number of carbonyl (C=O) groups is 3. The summed E-state index contributed by atoms with van der Waals surface area (Å²) in [6.07, 6.45) is 2.07. The maximum Gasteiger partial charge on any atom is 0.407 e. The molecule has 3 N–H and O–H groups in total. The van der Waals surface area contributed by atoms with Crippen LogP contribution in [0, 0.1) is 5.92 Å². The quantitative estimate of drug-likeness (QED) is 0.586. The van der Waals surface area contributed by atoms with E-state index in [1.54, 1.807) is 0 Å². The number of carboxylic acid groups (broad SMARTS) is 1. The lowest BCUT2D eigenvalue weighted by atomic mass is 9.98. The molecule has 1 fully saturated rings. The highest BCUT2D eigenvalue weighted by molar-refractivity contribution is 5.79. The van der Waals surface area contributed by atoms with Crippen molar-refractivity contribution in [2.75, 3.05) is 13.2 Å². The van der Waals surface area contributed by atoms with E-state index in [0.29, 0.717) is 6.42 Å². The summed E-state index contributed by atoms with van der Waals surface area (Å²) in [5, 5.41) is 14.5. The van der Waals surface area contributed by atoms with Crippen molar-refractivity contribution < 1.29 is 24.2 Å². The fourth-order valence-electron chi connectivity index (χ4n) is 4.87. The van der Waals surface area contributed by atoms with Gasteiger partial charge in [-0.05, 0) is 47.4 Å². The Morgan fingerprint density at radius 1 is 0.969 bits per heavy atom. The molecule has 2 aromatic rings. The molecular formula is C25H28N2O5. The largest absolute Gasteiger partial charge is 0.481 e. The molecule has 2 aliphatic carbocycles. The number of amides is 2. The number of rotatable bonds is 8. The number of nitrogens with one attached hydrogen (secondary N) is 2. The fraction of sp³-hybridized carbons (Fsp3) is 0.400. The Kier molecular flexibility index (Phi) is 6.73. The second-order valence-electron chi connectivity index (χ2n) is 8.54. The highest BCUT2D eigenvalue weighted by Gasteiger charge is 2.29. The SMILES string of the molecule is O=C(O)C[C@H]1CC[C@@H](NC(=O)CCNC(=O)OCC2c3ccccc3-c3ccccc32)C1. The number of hydrogen-bond donors (Lipinski definition) is 3. The minimum atomic E-state index is -0.797. The van der Waals surface area contributed by atoms with Crippen LogP contribution in [0.5, 0.6) is 0 Å². The van der Waals surface area contributed by atoms with E-state index in [-0.39, 0.29) is 49.8 Å². The van der Waals surface area contributed by atoms with Crippen LogP contribution in [0.4, 0.5) is 4.79 Å². The number of fused-ring (bicyclic) bond motifs is 3. The number of aliphatic carboxylic acids is 1. The molecule has 4 rings (SSSR count). The summed E-state index contributed by atoms with van der Waals surface area (Å²) in [5.41, 5.74) is 4.65. The molecule has 2 atom stereocenters. The highest BCUT2D eigenvalue weighted by atomic mass is 16.5. The van der Waals surface area contributed by atoms with Crippen molar-refractivity contribution in [1.82, 2.24) is 10.6 Å². The molecule has 168 valence electrons. The second kappa shape index (κ2) is 9.85. The summed E-state index contributed by atoms with van der Waals surface area (Å²) < 4.78 is 5.47. The van der Waals surface area contributed by atoms with E-state index in [0.717, 1.165) is 24.0 Å². The minimum Gasteiger partial charge on any atom is -0.481 e. The second-order valence-corrected chi connectivity index (χ2v) is 8.54. The van der Waals surface area contributed by atoms with E-state index < -0.39 is 12.1 Å². The van der Waals surface area contributed by atoms with Gasteiger partial charge < -0.3 is 20.5 Å². The average molecular weight is 437 g/mol. The Morgan fingerprint density at radius 3 is 2.28 bits per heavy atom. The van der Waals surface area contributed by atoms with Gasteiger partial charge >= 0.3 is 12.1 Å². The van der Waals surface area contributed by atoms with Gasteiger partial charge in [-0.1, -0.05) is 48.5 Å². The maximum absolute atomic E-state index is 12.2. The van der Waals surface area contributed by atoms with E-state index in [2.05, 4.69) is 34.9 Å². The van der Waals surface area contributed by atoms with Crippen LogP contribution in [-0.2, 0) is 14.3 Å². The number of carbonyl (C=O) groups excluding carboxylic acids is 2. The monoisotopic (exact) mass is 436 g/mol. The molecule has 2 amide bonds. The maximum atomic E-state index is 12.2. The van der Waals surface area contributed by atoms with Crippen LogP contribution in [0.15, 0.2) is 48.5 Å². The summed E-state index contributed by atoms with van der Waals surface area (Å²) in [4.78, 5) is 35.1. The van der Waals surface area contributed by atoms with Gasteiger partial charge in [0.25, 0.3) is 0 Å². The van der Waals surface area contributed by atoms with Gasteiger partial charge in [-0.25, -0.2) is 4.79 Å². The van der Waals surface area contributed by atoms with E-state index in [9.17, 15) is 14.4 Å². The summed E-state index contributed by atoms with van der Waals surface area (Å²) in [7, 11) is 0. The molecule has 0 radical (unpaired) electrons. The molecule has 0 aliphatic heterocycles. The molecule has 0 bridgehead atoms. The van der Waals surface area contributed by atoms with Crippen LogP contribution in [-0.4, -0.2) is 42.3 Å². The van der Waals surface area contributed by atoms with Gasteiger partial charge in [-0.2, -0.15) is 0 Å². The Labute approximate surface area is 187 Å². The standard InChI is InChI=1S/C25H28N2O5/c28-23(27-17-10-9-16(13-17)14-24(29)30)11-12-26-25(31)32-15-22-20-7-3-1-5-18(20)19-6-2-4-8-21(19)22/h1-8,16-17,22H,9-15H2,(H,26,31)(H,27,28)(H,29,30)/t16-,17+/m0/s1. The van der Waals surface area contributed by atoms with Gasteiger partial charge in [0.1, 0.15) is 6.61 Å². The first-order valence-electron chi connectivity index (χ1n) is 11.1. The third-order valence-electron chi connectivity index (χ3n) is 6.33. The van der Waals surface area contributed by atoms with E-state index in [1.165, 1.54) is 11.1 Å². The summed E-state index contributed by atoms with van der Waals surface area (Å²) >= 11 is 0. The molecule has 2 aromatic carbocycles. The van der Waals surface area contributed by atoms with Crippen molar-refractivity contribution in [3.8, 4) is 11.1 Å². The number of ether oxygens (including phenoxy) is 1. The Balaban J connectivity index is 1.19. The number of carboxylic acids is 1. The summed E-state index contributed by atoms with van der Waals surface area (Å²) in [5.74, 6) is -0.825. The van der Waals surface area contributed by atoms with Crippen molar-refractivity contribution >= 4 is 18.0 Å². The molecule has 0 aromatic heterocycles. The zero-order chi connectivity index (χ0) is 22.5. The van der Waals surface area contributed by atoms with Gasteiger partial charge in [0, 0.05) is 31.3 Å². The lowest BCUT2D eigenvalue weighted by molar-refractivity contribution is -0.138. The van der Waals surface area contributed by atoms with E-state index in [1.807, 2.05) is 24.3 Å². The van der Waals surface area contributed by atoms with Crippen LogP contribution in [0.25, 0.3) is 11.1 Å². The smallest absolute Gasteiger partial charge is 0.407 e. The molecule has 32 heavy (non-hydrogen) atoms. The van der Waals surface area contributed by atoms with Crippen LogP contribution in [0.2, 0.25) is 0 Å². The minimum absolute atomic E-state index is 0.00226. The van der Waals surface area contributed by atoms with Gasteiger partial charge in [-0.3, -0.25) is 9.59 Å². The first kappa shape index (κ1) is 21.9. The molecular weight excluding hydrogens is 408 g/mol. The Hall–Kier alpha value is -3.35. The predicted molar refractivity (Wildman–Crippen MR) is 119 cm³/mol. The van der Waals surface area contributed by atoms with Gasteiger partial charge in [-0.15, -0.1) is 0 Å². The van der Waals surface area contributed by atoms with Crippen molar-refractivity contribution in [2.45, 2.75) is 44.1 Å². The Bertz CT molecular complexity index is 960. The van der Waals surface area contributed by atoms with Crippen molar-refractivity contribution in [1.29, 1.82) is 0 Å². The topological polar surface area (TPSA) is 105 Å². The number of alkyl carbamates (subject to hydrolysis) is 1. The van der Waals surface area contributed by atoms with E-state index >= 15 is 0 Å². The normalized spacial score (nSPS) is 19.1. The van der Waals surface area contributed by atoms with Crippen LogP contribution < -0.4 is 10.6 Å². The first-order chi connectivity index (χ1) is 15.5. The average Bonchev–Trinajstić information content (AvgIpc) is 3.33. The van der Waals surface area contributed by atoms with E-state index in [4.69, 9.17) is 9.84 Å². The number of hydrogen-bond acceptors (Lipinski definition) is 4. The van der Waals surface area contributed by atoms with Gasteiger partial charge in [0.05, 0.1) is 0 Å². The molecule has 0 spiro atoms. The fourth-order valence-corrected chi connectivity index (χ4v) is 4.87. The summed E-state index contributed by atoms with van der Waals surface area (Å²) in [6.45, 7) is 0.423. The summed E-state index contributed by atoms with van der Waals surface area (Å²) in [6, 6.07) is 16.3. The van der Waals surface area contributed by atoms with Gasteiger partial charge in [0.15, 0.2) is 0 Å². The molecule has 0 saturated heterocycles. The third-order valence-corrected chi connectivity index (χ3v) is 6.33. The third kappa shape index (κ3) is 5.10.